The lowest BCUT2D eigenvalue weighted by Crippen LogP contribution is -2.03. The Bertz CT molecular complexity index is 858. The van der Waals surface area contributed by atoms with E-state index in [-0.39, 0.29) is 5.57 Å². The highest BCUT2D eigenvalue weighted by Crippen LogP contribution is 2.35. The van der Waals surface area contributed by atoms with Gasteiger partial charge in [0.1, 0.15) is 29.2 Å². The summed E-state index contributed by atoms with van der Waals surface area (Å²) >= 11 is 0. The minimum atomic E-state index is 0.0585. The molecule has 0 spiro atoms. The smallest absolute Gasteiger partial charge is 0.137 e. The first-order chi connectivity index (χ1) is 10.8. The average molecular weight is 286 g/mol. The van der Waals surface area contributed by atoms with Crippen LogP contribution >= 0.6 is 0 Å². The standard InChI is InChI=1S/C17H10N4O/c18-8-12(9-19)16-7-14(6-5-13-10-20-11-21-13)22-17-4-2-1-3-15(16)17/h1-7,10-11H,(H,20,21). The van der Waals surface area contributed by atoms with Crippen LogP contribution in [0.5, 0.6) is 5.75 Å². The second-order valence-electron chi connectivity index (χ2n) is 4.50. The van der Waals surface area contributed by atoms with Crippen LogP contribution in [-0.2, 0) is 0 Å². The second kappa shape index (κ2) is 5.82. The third-order valence-corrected chi connectivity index (χ3v) is 3.13. The van der Waals surface area contributed by atoms with Gasteiger partial charge in [0.15, 0.2) is 0 Å². The van der Waals surface area contributed by atoms with E-state index in [1.807, 2.05) is 36.4 Å². The number of nitrogens with zero attached hydrogens (tertiary/aromatic N) is 3. The molecular weight excluding hydrogens is 276 g/mol. The molecule has 0 atom stereocenters. The number of imidazole rings is 1. The van der Waals surface area contributed by atoms with Crippen LogP contribution in [0.4, 0.5) is 0 Å². The monoisotopic (exact) mass is 286 g/mol. The van der Waals surface area contributed by atoms with Crippen LogP contribution in [0.3, 0.4) is 0 Å². The maximum Gasteiger partial charge on any atom is 0.137 e. The molecule has 1 aliphatic heterocycles. The van der Waals surface area contributed by atoms with E-state index in [2.05, 4.69) is 9.97 Å². The lowest BCUT2D eigenvalue weighted by molar-refractivity contribution is 0.439. The first-order valence-corrected chi connectivity index (χ1v) is 6.51. The van der Waals surface area contributed by atoms with E-state index in [4.69, 9.17) is 15.3 Å². The fourth-order valence-electron chi connectivity index (χ4n) is 2.12. The number of aromatic nitrogens is 2. The summed E-state index contributed by atoms with van der Waals surface area (Å²) in [6, 6.07) is 11.2. The summed E-state index contributed by atoms with van der Waals surface area (Å²) in [5.41, 5.74) is 2.19. The van der Waals surface area contributed by atoms with E-state index < -0.39 is 0 Å². The Kier molecular flexibility index (Phi) is 3.55. The van der Waals surface area contributed by atoms with Gasteiger partial charge in [-0.2, -0.15) is 10.5 Å². The molecule has 1 aromatic heterocycles. The zero-order chi connectivity index (χ0) is 15.4. The maximum atomic E-state index is 9.14. The number of benzene rings is 1. The third-order valence-electron chi connectivity index (χ3n) is 3.13. The number of nitrogens with one attached hydrogen (secondary N) is 1. The Morgan fingerprint density at radius 1 is 1.18 bits per heavy atom. The zero-order valence-corrected chi connectivity index (χ0v) is 11.4. The van der Waals surface area contributed by atoms with Crippen molar-refractivity contribution < 1.29 is 4.74 Å². The summed E-state index contributed by atoms with van der Waals surface area (Å²) in [5, 5.41) is 18.3. The fraction of sp³-hybridized carbons (Fsp3) is 0. The zero-order valence-electron chi connectivity index (χ0n) is 11.4. The Balaban J connectivity index is 2.06. The second-order valence-corrected chi connectivity index (χ2v) is 4.50. The summed E-state index contributed by atoms with van der Waals surface area (Å²) in [6.45, 7) is 0. The predicted molar refractivity (Wildman–Crippen MR) is 80.9 cm³/mol. The summed E-state index contributed by atoms with van der Waals surface area (Å²) in [6.07, 6.45) is 8.52. The molecule has 22 heavy (non-hydrogen) atoms. The molecule has 1 N–H and O–H groups in total. The number of nitriles is 2. The van der Waals surface area contributed by atoms with Gasteiger partial charge in [-0.15, -0.1) is 0 Å². The molecule has 0 unspecified atom stereocenters. The Morgan fingerprint density at radius 3 is 2.73 bits per heavy atom. The van der Waals surface area contributed by atoms with Crippen LogP contribution < -0.4 is 4.74 Å². The van der Waals surface area contributed by atoms with Crippen molar-refractivity contribution in [3.8, 4) is 17.9 Å². The number of aromatic amines is 1. The highest BCUT2D eigenvalue weighted by molar-refractivity contribution is 5.87. The largest absolute Gasteiger partial charge is 0.457 e. The van der Waals surface area contributed by atoms with E-state index in [0.717, 1.165) is 11.3 Å². The van der Waals surface area contributed by atoms with Gasteiger partial charge in [0.25, 0.3) is 0 Å². The highest BCUT2D eigenvalue weighted by atomic mass is 16.5. The number of para-hydroxylation sites is 1. The van der Waals surface area contributed by atoms with Crippen LogP contribution in [0.25, 0.3) is 11.6 Å². The van der Waals surface area contributed by atoms with Crippen molar-refractivity contribution in [2.24, 2.45) is 0 Å². The molecule has 5 nitrogen and oxygen atoms in total. The molecule has 3 rings (SSSR count). The average Bonchev–Trinajstić information content (AvgIpc) is 3.07. The number of allylic oxidation sites excluding steroid dienone is 4. The van der Waals surface area contributed by atoms with Gasteiger partial charge in [-0.1, -0.05) is 18.2 Å². The minimum Gasteiger partial charge on any atom is -0.457 e. The fourth-order valence-corrected chi connectivity index (χ4v) is 2.12. The first-order valence-electron chi connectivity index (χ1n) is 6.51. The first kappa shape index (κ1) is 13.4. The van der Waals surface area contributed by atoms with Crippen LogP contribution in [0.15, 0.2) is 60.3 Å². The number of rotatable bonds is 2. The quantitative estimate of drug-likeness (QED) is 0.859. The van der Waals surface area contributed by atoms with Gasteiger partial charge < -0.3 is 9.72 Å². The van der Waals surface area contributed by atoms with Gasteiger partial charge in [0, 0.05) is 11.1 Å². The molecular formula is C17H10N4O. The van der Waals surface area contributed by atoms with Crippen molar-refractivity contribution in [1.82, 2.24) is 9.97 Å². The minimum absolute atomic E-state index is 0.0585. The van der Waals surface area contributed by atoms with Crippen LogP contribution in [-0.4, -0.2) is 9.97 Å². The van der Waals surface area contributed by atoms with Crippen molar-refractivity contribution in [3.63, 3.8) is 0 Å². The SMILES string of the molecule is N#CC(C#N)=C1C=C(C=Cc2cnc[nH]2)Oc2ccccc21. The van der Waals surface area contributed by atoms with Gasteiger partial charge in [-0.05, 0) is 24.3 Å². The van der Waals surface area contributed by atoms with E-state index in [1.54, 1.807) is 30.7 Å². The van der Waals surface area contributed by atoms with E-state index in [0.29, 0.717) is 17.1 Å². The molecule has 0 aliphatic carbocycles. The van der Waals surface area contributed by atoms with Crippen molar-refractivity contribution >= 4 is 11.6 Å². The van der Waals surface area contributed by atoms with E-state index >= 15 is 0 Å². The molecule has 0 saturated carbocycles. The number of ether oxygens (including phenoxy) is 1. The summed E-state index contributed by atoms with van der Waals surface area (Å²) in [5.74, 6) is 1.17. The molecule has 0 bridgehead atoms. The molecule has 0 amide bonds. The van der Waals surface area contributed by atoms with Crippen molar-refractivity contribution in [2.45, 2.75) is 0 Å². The van der Waals surface area contributed by atoms with Crippen molar-refractivity contribution in [3.05, 3.63) is 71.5 Å². The lowest BCUT2D eigenvalue weighted by atomic mass is 9.97. The van der Waals surface area contributed by atoms with Gasteiger partial charge in [0.2, 0.25) is 0 Å². The van der Waals surface area contributed by atoms with Gasteiger partial charge >= 0.3 is 0 Å². The molecule has 0 radical (unpaired) electrons. The van der Waals surface area contributed by atoms with Crippen molar-refractivity contribution in [2.75, 3.05) is 0 Å². The van der Waals surface area contributed by atoms with Gasteiger partial charge in [-0.3, -0.25) is 0 Å². The van der Waals surface area contributed by atoms with Gasteiger partial charge in [0.05, 0.1) is 18.2 Å². The van der Waals surface area contributed by atoms with E-state index in [1.165, 1.54) is 0 Å². The third kappa shape index (κ3) is 2.52. The molecule has 5 heteroatoms. The van der Waals surface area contributed by atoms with Crippen molar-refractivity contribution in [1.29, 1.82) is 10.5 Å². The molecule has 104 valence electrons. The normalized spacial score (nSPS) is 12.8. The number of H-pyrrole nitrogens is 1. The van der Waals surface area contributed by atoms with Crippen LogP contribution in [0.2, 0.25) is 0 Å². The number of hydrogen-bond donors (Lipinski definition) is 1. The molecule has 2 aromatic rings. The molecule has 2 heterocycles. The summed E-state index contributed by atoms with van der Waals surface area (Å²) in [7, 11) is 0. The molecule has 1 aromatic carbocycles. The Labute approximate surface area is 127 Å². The summed E-state index contributed by atoms with van der Waals surface area (Å²) in [4.78, 5) is 6.88. The lowest BCUT2D eigenvalue weighted by Gasteiger charge is -2.18. The van der Waals surface area contributed by atoms with E-state index in [9.17, 15) is 0 Å². The highest BCUT2D eigenvalue weighted by Gasteiger charge is 2.18. The number of fused-ring (bicyclic) bond motifs is 1. The predicted octanol–water partition coefficient (Wildman–Crippen LogP) is 3.20. The Hall–Kier alpha value is -3.57. The Morgan fingerprint density at radius 2 is 2.00 bits per heavy atom. The number of hydrogen-bond acceptors (Lipinski definition) is 4. The molecule has 1 aliphatic rings. The van der Waals surface area contributed by atoms with Gasteiger partial charge in [-0.25, -0.2) is 4.98 Å². The maximum absolute atomic E-state index is 9.14. The van der Waals surface area contributed by atoms with Crippen LogP contribution in [0.1, 0.15) is 11.3 Å². The topological polar surface area (TPSA) is 85.5 Å². The van der Waals surface area contributed by atoms with Crippen LogP contribution in [0, 0.1) is 22.7 Å². The summed E-state index contributed by atoms with van der Waals surface area (Å²) < 4.78 is 5.79. The molecule has 0 fully saturated rings. The molecule has 0 saturated heterocycles.